The van der Waals surface area contributed by atoms with E-state index in [0.717, 1.165) is 0 Å². The van der Waals surface area contributed by atoms with Crippen molar-refractivity contribution in [1.82, 2.24) is 37.2 Å². The quantitative estimate of drug-likeness (QED) is 0.0131. The maximum absolute atomic E-state index is 14.4. The summed E-state index contributed by atoms with van der Waals surface area (Å²) in [6.45, 7) is 0.615. The number of carboxylic acid groups (broad SMARTS) is 1. The topological polar surface area (TPSA) is 490 Å². The maximum Gasteiger partial charge on any atom is 0.327 e. The van der Waals surface area contributed by atoms with Crippen molar-refractivity contribution in [3.63, 3.8) is 0 Å². The van der Waals surface area contributed by atoms with Crippen molar-refractivity contribution >= 4 is 77.7 Å². The molecule has 0 radical (unpaired) electrons. The fourth-order valence-electron chi connectivity index (χ4n) is 7.23. The first-order valence-corrected chi connectivity index (χ1v) is 24.8. The number of thiol groups is 1. The van der Waals surface area contributed by atoms with Gasteiger partial charge in [0.2, 0.25) is 53.2 Å². The molecule has 9 amide bonds. The van der Waals surface area contributed by atoms with E-state index in [-0.39, 0.29) is 75.5 Å². The Bertz CT molecular complexity index is 2260. The lowest BCUT2D eigenvalue weighted by Gasteiger charge is -2.28. The van der Waals surface area contributed by atoms with Crippen LogP contribution in [0.25, 0.3) is 0 Å². The van der Waals surface area contributed by atoms with Gasteiger partial charge in [-0.1, -0.05) is 48.9 Å². The van der Waals surface area contributed by atoms with E-state index in [1.165, 1.54) is 24.3 Å². The van der Waals surface area contributed by atoms with E-state index < -0.39 is 120 Å². The van der Waals surface area contributed by atoms with Crippen LogP contribution in [0.1, 0.15) is 75.3 Å². The Morgan fingerprint density at radius 3 is 1.32 bits per heavy atom. The highest BCUT2D eigenvalue weighted by Gasteiger charge is 2.35. The minimum Gasteiger partial charge on any atom is -0.508 e. The van der Waals surface area contributed by atoms with Gasteiger partial charge in [0.05, 0.1) is 18.9 Å². The molecule has 0 aromatic heterocycles. The maximum atomic E-state index is 14.4. The van der Waals surface area contributed by atoms with Crippen molar-refractivity contribution in [2.24, 2.45) is 45.1 Å². The number of carboxylic acids is 1. The number of benzene rings is 2. The Kier molecular flexibility index (Phi) is 28.8. The molecular weight excluding hydrogens is 999 g/mol. The second kappa shape index (κ2) is 34.0. The zero-order valence-electron chi connectivity index (χ0n) is 41.5. The smallest absolute Gasteiger partial charge is 0.327 e. The van der Waals surface area contributed by atoms with E-state index in [9.17, 15) is 58.2 Å². The lowest BCUT2D eigenvalue weighted by Crippen LogP contribution is -2.61. The number of guanidine groups is 1. The van der Waals surface area contributed by atoms with Gasteiger partial charge in [0.1, 0.15) is 48.0 Å². The number of amides is 9. The largest absolute Gasteiger partial charge is 0.508 e. The molecule has 0 heterocycles. The van der Waals surface area contributed by atoms with Crippen LogP contribution in [0.15, 0.2) is 59.6 Å². The lowest BCUT2D eigenvalue weighted by molar-refractivity contribution is -0.141. The van der Waals surface area contributed by atoms with Crippen molar-refractivity contribution in [2.75, 3.05) is 25.4 Å². The summed E-state index contributed by atoms with van der Waals surface area (Å²) in [5, 5.41) is 36.6. The number of nitrogens with zero attached hydrogens (tertiary/aromatic N) is 1. The SMILES string of the molecule is NCCCC[C@@H](N)C(=O)N[C@H](CCCN=C(N)N)C(=O)N[C@@H](CC(N)=O)C(=O)N[C@@H](CC(N)=O)C(=O)N[C@H](Cc1ccccc1)C(=O)N[C@H](CCCCN)C(=O)N[C@@H](Cc1ccc(O)cc1)C(=O)N[C@@H](CS)C(=O)O. The summed E-state index contributed by atoms with van der Waals surface area (Å²) in [7, 11) is 0. The average Bonchev–Trinajstić information content (AvgIpc) is 3.35. The number of hydrogen-bond acceptors (Lipinski definition) is 16. The lowest BCUT2D eigenvalue weighted by atomic mass is 10.0. The molecule has 0 spiro atoms. The van der Waals surface area contributed by atoms with Crippen molar-refractivity contribution in [3.05, 3.63) is 65.7 Å². The van der Waals surface area contributed by atoms with Crippen LogP contribution in [0.3, 0.4) is 0 Å². The Hall–Kier alpha value is -7.56. The zero-order valence-corrected chi connectivity index (χ0v) is 42.4. The summed E-state index contributed by atoms with van der Waals surface area (Å²) in [5.74, 6) is -11.0. The minimum atomic E-state index is -1.86. The third-order valence-electron chi connectivity index (χ3n) is 11.3. The highest BCUT2D eigenvalue weighted by atomic mass is 32.1. The molecule has 0 bridgehead atoms. The predicted molar refractivity (Wildman–Crippen MR) is 278 cm³/mol. The predicted octanol–water partition coefficient (Wildman–Crippen LogP) is -5.02. The minimum absolute atomic E-state index is 0.0415. The number of primary amides is 2. The number of carbonyl (C=O) groups is 10. The summed E-state index contributed by atoms with van der Waals surface area (Å²) < 4.78 is 0. The summed E-state index contributed by atoms with van der Waals surface area (Å²) in [5.41, 5.74) is 40.1. The van der Waals surface area contributed by atoms with Gasteiger partial charge in [0.25, 0.3) is 0 Å². The van der Waals surface area contributed by atoms with Crippen LogP contribution in [0.5, 0.6) is 5.75 Å². The molecule has 0 saturated heterocycles. The summed E-state index contributed by atoms with van der Waals surface area (Å²) >= 11 is 4.00. The van der Waals surface area contributed by atoms with E-state index in [1.807, 2.05) is 0 Å². The van der Waals surface area contributed by atoms with Gasteiger partial charge >= 0.3 is 5.97 Å². The van der Waals surface area contributed by atoms with Crippen molar-refractivity contribution in [3.8, 4) is 5.75 Å². The number of rotatable bonds is 36. The average molecular weight is 1070 g/mol. The number of phenolic OH excluding ortho intramolecular Hbond substituents is 1. The van der Waals surface area contributed by atoms with Crippen LogP contribution in [0.4, 0.5) is 0 Å². The third-order valence-corrected chi connectivity index (χ3v) is 11.6. The molecule has 2 aromatic rings. The molecule has 75 heavy (non-hydrogen) atoms. The van der Waals surface area contributed by atoms with Gasteiger partial charge in [-0.05, 0) is 81.3 Å². The van der Waals surface area contributed by atoms with Crippen LogP contribution in [-0.4, -0.2) is 149 Å². The number of aliphatic carboxylic acids is 1. The molecule has 0 aliphatic heterocycles. The summed E-state index contributed by atoms with van der Waals surface area (Å²) in [4.78, 5) is 137. The van der Waals surface area contributed by atoms with E-state index in [2.05, 4.69) is 54.8 Å². The first-order valence-electron chi connectivity index (χ1n) is 24.1. The van der Waals surface area contributed by atoms with Gasteiger partial charge in [-0.2, -0.15) is 12.6 Å². The van der Waals surface area contributed by atoms with Gasteiger partial charge < -0.3 is 87.6 Å². The zero-order chi connectivity index (χ0) is 56.0. The molecule has 8 atom stereocenters. The van der Waals surface area contributed by atoms with Crippen molar-refractivity contribution < 1.29 is 58.2 Å². The molecule has 0 unspecified atom stereocenters. The van der Waals surface area contributed by atoms with Gasteiger partial charge in [-0.3, -0.25) is 48.1 Å². The fraction of sp³-hybridized carbons (Fsp3) is 0.511. The Labute approximate surface area is 439 Å². The molecule has 0 aliphatic carbocycles. The first-order chi connectivity index (χ1) is 35.6. The number of aliphatic imine (C=N–C) groups is 1. The second-order valence-corrected chi connectivity index (χ2v) is 17.8. The number of phenols is 1. The number of aromatic hydroxyl groups is 1. The third kappa shape index (κ3) is 24.8. The molecule has 0 fully saturated rings. The molecule has 2 aromatic carbocycles. The Balaban J connectivity index is 2.50. The second-order valence-electron chi connectivity index (χ2n) is 17.5. The summed E-state index contributed by atoms with van der Waals surface area (Å²) in [6, 6.07) is 2.04. The number of nitrogens with one attached hydrogen (secondary N) is 7. The molecule has 0 aliphatic rings. The highest BCUT2D eigenvalue weighted by Crippen LogP contribution is 2.14. The Morgan fingerprint density at radius 2 is 0.880 bits per heavy atom. The van der Waals surface area contributed by atoms with Crippen LogP contribution < -0.4 is 77.4 Å². The van der Waals surface area contributed by atoms with E-state index in [4.69, 9.17) is 40.1 Å². The Morgan fingerprint density at radius 1 is 0.493 bits per heavy atom. The summed E-state index contributed by atoms with van der Waals surface area (Å²) in [6.07, 6.45) is -0.0928. The molecule has 414 valence electrons. The van der Waals surface area contributed by atoms with Crippen molar-refractivity contribution in [1.29, 1.82) is 0 Å². The molecule has 28 heteroatoms. The van der Waals surface area contributed by atoms with Crippen LogP contribution in [0.2, 0.25) is 0 Å². The molecular formula is C47H73N15O12S. The monoisotopic (exact) mass is 1070 g/mol. The van der Waals surface area contributed by atoms with E-state index in [0.29, 0.717) is 36.9 Å². The normalized spacial score (nSPS) is 14.1. The van der Waals surface area contributed by atoms with Crippen LogP contribution in [0, 0.1) is 0 Å². The van der Waals surface area contributed by atoms with Crippen LogP contribution >= 0.6 is 12.6 Å². The van der Waals surface area contributed by atoms with Gasteiger partial charge in [-0.25, -0.2) is 4.79 Å². The highest BCUT2D eigenvalue weighted by molar-refractivity contribution is 7.80. The van der Waals surface area contributed by atoms with E-state index in [1.54, 1.807) is 30.3 Å². The van der Waals surface area contributed by atoms with Gasteiger partial charge in [0, 0.05) is 25.1 Å². The molecule has 23 N–H and O–H groups in total. The van der Waals surface area contributed by atoms with Crippen LogP contribution in [-0.2, 0) is 60.8 Å². The molecule has 0 saturated carbocycles. The fourth-order valence-corrected chi connectivity index (χ4v) is 7.48. The van der Waals surface area contributed by atoms with E-state index >= 15 is 0 Å². The number of nitrogens with two attached hydrogens (primary N) is 7. The number of unbranched alkanes of at least 4 members (excludes halogenated alkanes) is 2. The first kappa shape index (κ1) is 63.6. The van der Waals surface area contributed by atoms with Gasteiger partial charge in [-0.15, -0.1) is 0 Å². The standard InChI is InChI=1S/C47H73N15O12S/c48-18-6-4-11-29(50)39(66)56-31(13-8-20-55-47(53)54)41(68)60-34(23-37(51)64)45(72)61-35(24-38(52)65)44(71)59-32(21-26-9-2-1-3-10-26)42(69)57-30(12-5-7-19-49)40(67)58-33(22-27-14-16-28(63)17-15-27)43(70)62-36(25-75)46(73)74/h1-3,9-10,14-17,29-36,63,75H,4-8,11-13,18-25,48-50H2,(H2,51,64)(H2,52,65)(H,56,66)(H,57,69)(H,58,67)(H,59,71)(H,60,68)(H,61,72)(H,62,70)(H,73,74)(H4,53,54,55)/t29-,30-,31-,32-,33+,34+,35+,36+/m1/s1. The number of hydrogen-bond donors (Lipinski definition) is 17. The van der Waals surface area contributed by atoms with Crippen molar-refractivity contribution in [2.45, 2.75) is 125 Å². The van der Waals surface area contributed by atoms with Gasteiger partial charge in [0.15, 0.2) is 5.96 Å². The molecule has 27 nitrogen and oxygen atoms in total. The number of carbonyl (C=O) groups excluding carboxylic acids is 9. The molecule has 2 rings (SSSR count).